The van der Waals surface area contributed by atoms with Gasteiger partial charge in [0, 0.05) is 22.3 Å². The number of aromatic nitrogens is 1. The zero-order chi connectivity index (χ0) is 9.14. The molecule has 0 fully saturated rings. The van der Waals surface area contributed by atoms with Crippen molar-refractivity contribution in [2.24, 2.45) is 0 Å². The maximum Gasteiger partial charge on any atom is 0.213 e. The van der Waals surface area contributed by atoms with Gasteiger partial charge >= 0.3 is 0 Å². The van der Waals surface area contributed by atoms with Crippen molar-refractivity contribution < 1.29 is 9.84 Å². The summed E-state index contributed by atoms with van der Waals surface area (Å²) in [7, 11) is 1.54. The van der Waals surface area contributed by atoms with E-state index < -0.39 is 6.10 Å². The van der Waals surface area contributed by atoms with Gasteiger partial charge in [0.2, 0.25) is 5.88 Å². The molecule has 1 heterocycles. The molecule has 0 spiro atoms. The summed E-state index contributed by atoms with van der Waals surface area (Å²) in [5.41, 5.74) is 0.779. The monoisotopic (exact) mass is 231 g/mol. The van der Waals surface area contributed by atoms with Crippen LogP contribution >= 0.6 is 15.9 Å². The van der Waals surface area contributed by atoms with Crippen LogP contribution in [-0.4, -0.2) is 17.2 Å². The Labute approximate surface area is 79.5 Å². The van der Waals surface area contributed by atoms with Gasteiger partial charge in [-0.15, -0.1) is 0 Å². The number of halogens is 1. The van der Waals surface area contributed by atoms with Gasteiger partial charge in [0.25, 0.3) is 0 Å². The third-order valence-electron chi connectivity index (χ3n) is 1.52. The number of aliphatic hydroxyl groups excluding tert-OH is 1. The minimum absolute atomic E-state index is 0.508. The smallest absolute Gasteiger partial charge is 0.213 e. The second-order valence-electron chi connectivity index (χ2n) is 2.42. The van der Waals surface area contributed by atoms with E-state index in [0.29, 0.717) is 5.88 Å². The molecule has 0 saturated heterocycles. The molecule has 4 heteroatoms. The molecule has 1 aromatic heterocycles. The molecule has 66 valence electrons. The second-order valence-corrected chi connectivity index (χ2v) is 3.28. The van der Waals surface area contributed by atoms with Gasteiger partial charge in [-0.05, 0) is 22.9 Å². The zero-order valence-electron chi connectivity index (χ0n) is 6.91. The summed E-state index contributed by atoms with van der Waals surface area (Å²) in [5.74, 6) is 0.508. The van der Waals surface area contributed by atoms with Crippen molar-refractivity contribution >= 4 is 15.9 Å². The molecule has 0 aliphatic carbocycles. The molecule has 1 atom stereocenters. The summed E-state index contributed by atoms with van der Waals surface area (Å²) in [6.07, 6.45) is 1.09. The van der Waals surface area contributed by atoms with E-state index in [1.54, 1.807) is 26.3 Å². The number of nitrogens with zero attached hydrogens (tertiary/aromatic N) is 1. The van der Waals surface area contributed by atoms with Gasteiger partial charge in [0.05, 0.1) is 13.2 Å². The van der Waals surface area contributed by atoms with Crippen LogP contribution in [0.3, 0.4) is 0 Å². The molecule has 1 aromatic rings. The fourth-order valence-electron chi connectivity index (χ4n) is 0.866. The lowest BCUT2D eigenvalue weighted by atomic mass is 10.2. The summed E-state index contributed by atoms with van der Waals surface area (Å²) < 4.78 is 5.71. The van der Waals surface area contributed by atoms with E-state index in [1.165, 1.54) is 0 Å². The maximum atomic E-state index is 9.31. The van der Waals surface area contributed by atoms with Crippen molar-refractivity contribution in [1.29, 1.82) is 0 Å². The summed E-state index contributed by atoms with van der Waals surface area (Å²) in [4.78, 5) is 3.96. The van der Waals surface area contributed by atoms with Gasteiger partial charge in [-0.1, -0.05) is 0 Å². The largest absolute Gasteiger partial charge is 0.481 e. The molecule has 0 aromatic carbocycles. The molecule has 1 rings (SSSR count). The summed E-state index contributed by atoms with van der Waals surface area (Å²) in [6.45, 7) is 1.69. The quantitative estimate of drug-likeness (QED) is 0.846. The summed E-state index contributed by atoms with van der Waals surface area (Å²) in [6, 6.07) is 1.70. The third-order valence-corrected chi connectivity index (χ3v) is 2.18. The standard InChI is InChI=1S/C8H10BrNO2/c1-5(11)6-3-8(12-2)10-4-7(6)9/h3-5,11H,1-2H3. The van der Waals surface area contributed by atoms with Crippen molar-refractivity contribution in [2.45, 2.75) is 13.0 Å². The molecule has 0 saturated carbocycles. The molecular weight excluding hydrogens is 222 g/mol. The van der Waals surface area contributed by atoms with Crippen molar-refractivity contribution in [3.63, 3.8) is 0 Å². The van der Waals surface area contributed by atoms with Crippen LogP contribution in [-0.2, 0) is 0 Å². The van der Waals surface area contributed by atoms with E-state index in [2.05, 4.69) is 20.9 Å². The molecule has 12 heavy (non-hydrogen) atoms. The van der Waals surface area contributed by atoms with Crippen molar-refractivity contribution in [3.05, 3.63) is 22.3 Å². The average molecular weight is 232 g/mol. The Bertz CT molecular complexity index is 276. The van der Waals surface area contributed by atoms with Crippen LogP contribution in [0.5, 0.6) is 5.88 Å². The summed E-state index contributed by atoms with van der Waals surface area (Å²) >= 11 is 3.28. The normalized spacial score (nSPS) is 12.7. The fourth-order valence-corrected chi connectivity index (χ4v) is 1.41. The molecule has 0 aliphatic heterocycles. The first-order chi connectivity index (χ1) is 5.65. The minimum Gasteiger partial charge on any atom is -0.481 e. The van der Waals surface area contributed by atoms with Gasteiger partial charge in [-0.2, -0.15) is 0 Å². The van der Waals surface area contributed by atoms with Crippen molar-refractivity contribution in [3.8, 4) is 5.88 Å². The second kappa shape index (κ2) is 3.87. The summed E-state index contributed by atoms with van der Waals surface area (Å²) in [5, 5.41) is 9.31. The molecule has 0 radical (unpaired) electrons. The molecule has 0 bridgehead atoms. The number of ether oxygens (including phenoxy) is 1. The number of hydrogen-bond acceptors (Lipinski definition) is 3. The Morgan fingerprint density at radius 2 is 2.33 bits per heavy atom. The highest BCUT2D eigenvalue weighted by Gasteiger charge is 2.07. The van der Waals surface area contributed by atoms with E-state index in [0.717, 1.165) is 10.0 Å². The lowest BCUT2D eigenvalue weighted by molar-refractivity contribution is 0.197. The Morgan fingerprint density at radius 1 is 1.67 bits per heavy atom. The van der Waals surface area contributed by atoms with Gasteiger partial charge in [0.1, 0.15) is 0 Å². The first-order valence-electron chi connectivity index (χ1n) is 3.52. The van der Waals surface area contributed by atoms with Crippen LogP contribution < -0.4 is 4.74 Å². The topological polar surface area (TPSA) is 42.4 Å². The number of aliphatic hydroxyl groups is 1. The van der Waals surface area contributed by atoms with E-state index in [1.807, 2.05) is 0 Å². The Morgan fingerprint density at radius 3 is 2.83 bits per heavy atom. The number of methoxy groups -OCH3 is 1. The predicted molar refractivity (Wildman–Crippen MR) is 49.1 cm³/mol. The maximum absolute atomic E-state index is 9.31. The van der Waals surface area contributed by atoms with Gasteiger partial charge in [-0.3, -0.25) is 0 Å². The van der Waals surface area contributed by atoms with Gasteiger partial charge < -0.3 is 9.84 Å². The molecule has 0 amide bonds. The highest BCUT2D eigenvalue weighted by Crippen LogP contribution is 2.25. The highest BCUT2D eigenvalue weighted by molar-refractivity contribution is 9.10. The van der Waals surface area contributed by atoms with Gasteiger partial charge in [-0.25, -0.2) is 4.98 Å². The Kier molecular flexibility index (Phi) is 3.05. The Balaban J connectivity index is 3.08. The zero-order valence-corrected chi connectivity index (χ0v) is 8.50. The van der Waals surface area contributed by atoms with E-state index in [4.69, 9.17) is 4.74 Å². The van der Waals surface area contributed by atoms with Crippen molar-refractivity contribution in [1.82, 2.24) is 4.98 Å². The van der Waals surface area contributed by atoms with Crippen LogP contribution in [0.4, 0.5) is 0 Å². The molecule has 1 unspecified atom stereocenters. The highest BCUT2D eigenvalue weighted by atomic mass is 79.9. The van der Waals surface area contributed by atoms with Crippen LogP contribution in [0.25, 0.3) is 0 Å². The first-order valence-corrected chi connectivity index (χ1v) is 4.32. The number of pyridine rings is 1. The first kappa shape index (κ1) is 9.48. The van der Waals surface area contributed by atoms with E-state index >= 15 is 0 Å². The van der Waals surface area contributed by atoms with Crippen LogP contribution in [0, 0.1) is 0 Å². The number of hydrogen-bond donors (Lipinski definition) is 1. The van der Waals surface area contributed by atoms with Gasteiger partial charge in [0.15, 0.2) is 0 Å². The molecule has 3 nitrogen and oxygen atoms in total. The minimum atomic E-state index is -0.517. The van der Waals surface area contributed by atoms with Crippen LogP contribution in [0.2, 0.25) is 0 Å². The molecular formula is C8H10BrNO2. The molecule has 0 aliphatic rings. The lowest BCUT2D eigenvalue weighted by Gasteiger charge is -2.08. The van der Waals surface area contributed by atoms with Crippen LogP contribution in [0.15, 0.2) is 16.7 Å². The molecule has 1 N–H and O–H groups in total. The van der Waals surface area contributed by atoms with E-state index in [-0.39, 0.29) is 0 Å². The Hall–Kier alpha value is -0.610. The predicted octanol–water partition coefficient (Wildman–Crippen LogP) is 1.91. The third kappa shape index (κ3) is 1.95. The van der Waals surface area contributed by atoms with E-state index in [9.17, 15) is 5.11 Å². The van der Waals surface area contributed by atoms with Crippen LogP contribution in [0.1, 0.15) is 18.6 Å². The number of rotatable bonds is 2. The lowest BCUT2D eigenvalue weighted by Crippen LogP contribution is -1.95. The fraction of sp³-hybridized carbons (Fsp3) is 0.375. The average Bonchev–Trinajstić information content (AvgIpc) is 2.05. The SMILES string of the molecule is COc1cc(C(C)O)c(Br)cn1. The van der Waals surface area contributed by atoms with Crippen molar-refractivity contribution in [2.75, 3.05) is 7.11 Å².